The van der Waals surface area contributed by atoms with Crippen LogP contribution in [0.4, 0.5) is 0 Å². The minimum absolute atomic E-state index is 0.00603. The standard InChI is InChI=1S/C26H27ClN2O3/c1-19-12-15-23(32-19)17-28(16-20-8-4-2-5-9-20)24(30)18-29(22-13-14-22)26(31)25(27)21-10-6-3-7-11-21/h2-12,15,22,25H,13-14,16-18H2,1H3. The maximum atomic E-state index is 13.4. The summed E-state index contributed by atoms with van der Waals surface area (Å²) in [7, 11) is 0. The van der Waals surface area contributed by atoms with Crippen LogP contribution in [0.2, 0.25) is 0 Å². The molecule has 2 aromatic carbocycles. The molecule has 0 spiro atoms. The van der Waals surface area contributed by atoms with Crippen LogP contribution in [0.1, 0.15) is 40.9 Å². The van der Waals surface area contributed by atoms with Crippen LogP contribution in [0.3, 0.4) is 0 Å². The molecule has 32 heavy (non-hydrogen) atoms. The molecule has 1 atom stereocenters. The van der Waals surface area contributed by atoms with Crippen LogP contribution in [0, 0.1) is 6.92 Å². The van der Waals surface area contributed by atoms with E-state index in [4.69, 9.17) is 16.0 Å². The van der Waals surface area contributed by atoms with Crippen molar-refractivity contribution < 1.29 is 14.0 Å². The Morgan fingerprint density at radius 3 is 2.22 bits per heavy atom. The lowest BCUT2D eigenvalue weighted by Crippen LogP contribution is -2.44. The van der Waals surface area contributed by atoms with Crippen LogP contribution in [0.25, 0.3) is 0 Å². The number of rotatable bonds is 9. The van der Waals surface area contributed by atoms with E-state index in [1.807, 2.05) is 79.7 Å². The number of amides is 2. The van der Waals surface area contributed by atoms with Crippen molar-refractivity contribution in [2.75, 3.05) is 6.54 Å². The van der Waals surface area contributed by atoms with Gasteiger partial charge in [0.15, 0.2) is 0 Å². The average molecular weight is 451 g/mol. The van der Waals surface area contributed by atoms with Crippen molar-refractivity contribution in [1.82, 2.24) is 9.80 Å². The first-order valence-electron chi connectivity index (χ1n) is 10.9. The highest BCUT2D eigenvalue weighted by Gasteiger charge is 2.37. The molecule has 5 nitrogen and oxygen atoms in total. The van der Waals surface area contributed by atoms with Crippen LogP contribution in [0.15, 0.2) is 77.2 Å². The van der Waals surface area contributed by atoms with E-state index in [2.05, 4.69) is 0 Å². The molecule has 6 heteroatoms. The highest BCUT2D eigenvalue weighted by Crippen LogP contribution is 2.32. The van der Waals surface area contributed by atoms with Crippen molar-refractivity contribution in [1.29, 1.82) is 0 Å². The van der Waals surface area contributed by atoms with Gasteiger partial charge in [-0.05, 0) is 43.0 Å². The first-order valence-corrected chi connectivity index (χ1v) is 11.3. The summed E-state index contributed by atoms with van der Waals surface area (Å²) < 4.78 is 5.71. The highest BCUT2D eigenvalue weighted by molar-refractivity contribution is 6.30. The zero-order valence-corrected chi connectivity index (χ0v) is 18.9. The van der Waals surface area contributed by atoms with Gasteiger partial charge in [-0.1, -0.05) is 60.7 Å². The summed E-state index contributed by atoms with van der Waals surface area (Å²) in [5.41, 5.74) is 1.76. The molecule has 1 aliphatic rings. The van der Waals surface area contributed by atoms with Crippen molar-refractivity contribution >= 4 is 23.4 Å². The van der Waals surface area contributed by atoms with Gasteiger partial charge in [-0.15, -0.1) is 11.6 Å². The summed E-state index contributed by atoms with van der Waals surface area (Å²) in [5, 5.41) is -0.806. The molecule has 1 unspecified atom stereocenters. The van der Waals surface area contributed by atoms with E-state index in [0.717, 1.165) is 35.5 Å². The number of aryl methyl sites for hydroxylation is 1. The number of hydrogen-bond donors (Lipinski definition) is 0. The number of halogens is 1. The Bertz CT molecular complexity index is 1050. The lowest BCUT2D eigenvalue weighted by atomic mass is 10.1. The monoisotopic (exact) mass is 450 g/mol. The van der Waals surface area contributed by atoms with Crippen molar-refractivity contribution in [2.24, 2.45) is 0 Å². The molecule has 1 heterocycles. The van der Waals surface area contributed by atoms with Gasteiger partial charge in [0.1, 0.15) is 23.4 Å². The van der Waals surface area contributed by atoms with Gasteiger partial charge in [0.25, 0.3) is 0 Å². The molecule has 1 saturated carbocycles. The molecule has 0 N–H and O–H groups in total. The topological polar surface area (TPSA) is 53.8 Å². The second kappa shape index (κ2) is 10.0. The summed E-state index contributed by atoms with van der Waals surface area (Å²) in [6, 6.07) is 22.9. The first-order chi connectivity index (χ1) is 15.5. The van der Waals surface area contributed by atoms with Crippen LogP contribution in [0.5, 0.6) is 0 Å². The SMILES string of the molecule is Cc1ccc(CN(Cc2ccccc2)C(=O)CN(C(=O)C(Cl)c2ccccc2)C2CC2)o1. The molecular formula is C26H27ClN2O3. The van der Waals surface area contributed by atoms with Crippen LogP contribution in [-0.4, -0.2) is 34.2 Å². The van der Waals surface area contributed by atoms with Gasteiger partial charge in [-0.25, -0.2) is 0 Å². The molecule has 1 aromatic heterocycles. The fraction of sp³-hybridized carbons (Fsp3) is 0.308. The molecule has 0 bridgehead atoms. The molecule has 0 aliphatic heterocycles. The fourth-order valence-corrected chi connectivity index (χ4v) is 3.99. The van der Waals surface area contributed by atoms with Crippen molar-refractivity contribution in [3.05, 3.63) is 95.4 Å². The van der Waals surface area contributed by atoms with Gasteiger partial charge in [0.05, 0.1) is 6.54 Å². The third-order valence-electron chi connectivity index (χ3n) is 5.60. The normalized spacial score (nSPS) is 14.1. The molecule has 4 rings (SSSR count). The number of benzene rings is 2. The number of hydrogen-bond acceptors (Lipinski definition) is 3. The van der Waals surface area contributed by atoms with E-state index in [0.29, 0.717) is 13.1 Å². The van der Waals surface area contributed by atoms with Gasteiger partial charge in [0.2, 0.25) is 11.8 Å². The molecule has 3 aromatic rings. The Labute approximate surface area is 193 Å². The van der Waals surface area contributed by atoms with E-state index >= 15 is 0 Å². The minimum atomic E-state index is -0.806. The zero-order valence-electron chi connectivity index (χ0n) is 18.1. The summed E-state index contributed by atoms with van der Waals surface area (Å²) in [6.07, 6.45) is 1.79. The summed E-state index contributed by atoms with van der Waals surface area (Å²) in [6.45, 7) is 2.67. The fourth-order valence-electron chi connectivity index (χ4n) is 3.72. The molecule has 0 saturated heterocycles. The lowest BCUT2D eigenvalue weighted by molar-refractivity contribution is -0.141. The highest BCUT2D eigenvalue weighted by atomic mass is 35.5. The Hall–Kier alpha value is -3.05. The lowest BCUT2D eigenvalue weighted by Gasteiger charge is -2.28. The Balaban J connectivity index is 1.51. The number of furan rings is 1. The van der Waals surface area contributed by atoms with Crippen molar-refractivity contribution in [3.8, 4) is 0 Å². The second-order valence-electron chi connectivity index (χ2n) is 8.22. The van der Waals surface area contributed by atoms with Crippen LogP contribution in [-0.2, 0) is 22.7 Å². The van der Waals surface area contributed by atoms with E-state index in [9.17, 15) is 9.59 Å². The first kappa shape index (κ1) is 22.2. The van der Waals surface area contributed by atoms with E-state index in [1.165, 1.54) is 0 Å². The van der Waals surface area contributed by atoms with Crippen molar-refractivity contribution in [2.45, 2.75) is 44.3 Å². The maximum Gasteiger partial charge on any atom is 0.245 e. The number of nitrogens with zero attached hydrogens (tertiary/aromatic N) is 2. The number of carbonyl (C=O) groups is 2. The van der Waals surface area contributed by atoms with Gasteiger partial charge < -0.3 is 14.2 Å². The zero-order chi connectivity index (χ0) is 22.5. The van der Waals surface area contributed by atoms with Crippen molar-refractivity contribution in [3.63, 3.8) is 0 Å². The molecule has 1 fully saturated rings. The minimum Gasteiger partial charge on any atom is -0.464 e. The van der Waals surface area contributed by atoms with Gasteiger partial charge in [-0.2, -0.15) is 0 Å². The summed E-state index contributed by atoms with van der Waals surface area (Å²) in [5.74, 6) is 1.17. The third-order valence-corrected chi connectivity index (χ3v) is 6.04. The Kier molecular flexibility index (Phi) is 6.96. The largest absolute Gasteiger partial charge is 0.464 e. The van der Waals surface area contributed by atoms with E-state index in [1.54, 1.807) is 9.80 Å². The Morgan fingerprint density at radius 1 is 0.969 bits per heavy atom. The van der Waals surface area contributed by atoms with Gasteiger partial charge in [0, 0.05) is 12.6 Å². The second-order valence-corrected chi connectivity index (χ2v) is 8.65. The molecular weight excluding hydrogens is 424 g/mol. The number of carbonyl (C=O) groups excluding carboxylic acids is 2. The molecule has 0 radical (unpaired) electrons. The predicted octanol–water partition coefficient (Wildman–Crippen LogP) is 5.09. The van der Waals surface area contributed by atoms with Crippen LogP contribution < -0.4 is 0 Å². The van der Waals surface area contributed by atoms with E-state index < -0.39 is 5.38 Å². The quantitative estimate of drug-likeness (QED) is 0.427. The maximum absolute atomic E-state index is 13.4. The summed E-state index contributed by atoms with van der Waals surface area (Å²) in [4.78, 5) is 30.0. The average Bonchev–Trinajstić information content (AvgIpc) is 3.58. The molecule has 1 aliphatic carbocycles. The molecule has 166 valence electrons. The molecule has 2 amide bonds. The van der Waals surface area contributed by atoms with Gasteiger partial charge >= 0.3 is 0 Å². The Morgan fingerprint density at radius 2 is 1.62 bits per heavy atom. The van der Waals surface area contributed by atoms with Gasteiger partial charge in [-0.3, -0.25) is 9.59 Å². The third kappa shape index (κ3) is 5.60. The van der Waals surface area contributed by atoms with E-state index in [-0.39, 0.29) is 24.4 Å². The summed E-state index contributed by atoms with van der Waals surface area (Å²) >= 11 is 6.52. The predicted molar refractivity (Wildman–Crippen MR) is 124 cm³/mol. The number of alkyl halides is 1. The smallest absolute Gasteiger partial charge is 0.245 e. The van der Waals surface area contributed by atoms with Crippen LogP contribution >= 0.6 is 11.6 Å².